The highest BCUT2D eigenvalue weighted by Crippen LogP contribution is 2.42. The zero-order chi connectivity index (χ0) is 26.1. The van der Waals surface area contributed by atoms with Gasteiger partial charge in [0.05, 0.1) is 27.0 Å². The summed E-state index contributed by atoms with van der Waals surface area (Å²) in [5.74, 6) is -0.323. The Balaban J connectivity index is 1.35. The molecular weight excluding hydrogens is 511 g/mol. The number of halogens is 2. The van der Waals surface area contributed by atoms with Crippen LogP contribution in [0.3, 0.4) is 0 Å². The third kappa shape index (κ3) is 5.48. The highest BCUT2D eigenvalue weighted by atomic mass is 35.5. The van der Waals surface area contributed by atoms with Gasteiger partial charge in [0.2, 0.25) is 0 Å². The fourth-order valence-electron chi connectivity index (χ4n) is 4.05. The molecule has 1 heterocycles. The number of phenols is 1. The second kappa shape index (κ2) is 10.3. The first-order valence-electron chi connectivity index (χ1n) is 11.8. The summed E-state index contributed by atoms with van der Waals surface area (Å²) in [4.78, 5) is 25.7. The summed E-state index contributed by atoms with van der Waals surface area (Å²) in [5.41, 5.74) is 4.38. The monoisotopic (exact) mass is 534 g/mol. The molecule has 188 valence electrons. The molecule has 9 heteroatoms. The number of aryl methyl sites for hydroxylation is 1. The van der Waals surface area contributed by atoms with Gasteiger partial charge in [-0.3, -0.25) is 4.79 Å². The van der Waals surface area contributed by atoms with E-state index in [-0.39, 0.29) is 33.3 Å². The Morgan fingerprint density at radius 1 is 1.03 bits per heavy atom. The lowest BCUT2D eigenvalue weighted by molar-refractivity contribution is 0.102. The molecule has 0 aliphatic heterocycles. The van der Waals surface area contributed by atoms with Gasteiger partial charge in [-0.1, -0.05) is 59.1 Å². The van der Waals surface area contributed by atoms with Crippen molar-refractivity contribution in [2.24, 2.45) is 0 Å². The molecule has 0 unspecified atom stereocenters. The standard InChI is InChI=1S/C28H24Cl2N4O3/c1-16-5-7-17(8-6-16)15-31-28(37)34-24(18-9-10-18)14-23(33-34)20-12-11-19(13-25(20)35)32-27(36)26-21(29)3-2-4-22(26)30/h2-8,11-14,18,35H,9-10,15H2,1H3,(H,31,37)(H,32,36). The Hall–Kier alpha value is -3.81. The summed E-state index contributed by atoms with van der Waals surface area (Å²) in [6.45, 7) is 2.40. The molecule has 3 aromatic carbocycles. The maximum absolute atomic E-state index is 13.0. The van der Waals surface area contributed by atoms with Gasteiger partial charge >= 0.3 is 6.03 Å². The molecule has 0 bridgehead atoms. The molecule has 1 aromatic heterocycles. The Morgan fingerprint density at radius 2 is 1.73 bits per heavy atom. The van der Waals surface area contributed by atoms with Crippen LogP contribution in [0, 0.1) is 6.92 Å². The summed E-state index contributed by atoms with van der Waals surface area (Å²) >= 11 is 12.3. The topological polar surface area (TPSA) is 96.3 Å². The Morgan fingerprint density at radius 3 is 2.38 bits per heavy atom. The maximum atomic E-state index is 13.0. The van der Waals surface area contributed by atoms with E-state index in [0.29, 0.717) is 23.5 Å². The van der Waals surface area contributed by atoms with Crippen molar-refractivity contribution in [3.05, 3.63) is 99.2 Å². The number of nitrogens with zero attached hydrogens (tertiary/aromatic N) is 2. The molecule has 1 aliphatic carbocycles. The van der Waals surface area contributed by atoms with Gasteiger partial charge in [-0.15, -0.1) is 0 Å². The van der Waals surface area contributed by atoms with Crippen LogP contribution in [0.4, 0.5) is 10.5 Å². The third-order valence-electron chi connectivity index (χ3n) is 6.21. The Labute approximate surface area is 224 Å². The SMILES string of the molecule is Cc1ccc(CNC(=O)n2nc(-c3ccc(NC(=O)c4c(Cl)cccc4Cl)cc3O)cc2C2CC2)cc1. The van der Waals surface area contributed by atoms with Crippen molar-refractivity contribution in [2.45, 2.75) is 32.2 Å². The van der Waals surface area contributed by atoms with E-state index in [1.807, 2.05) is 37.3 Å². The second-order valence-electron chi connectivity index (χ2n) is 9.07. The van der Waals surface area contributed by atoms with Crippen LogP contribution in [0.2, 0.25) is 10.0 Å². The van der Waals surface area contributed by atoms with E-state index >= 15 is 0 Å². The number of nitrogens with one attached hydrogen (secondary N) is 2. The molecule has 4 aromatic rings. The lowest BCUT2D eigenvalue weighted by Gasteiger charge is -2.10. The van der Waals surface area contributed by atoms with Crippen LogP contribution >= 0.6 is 23.2 Å². The van der Waals surface area contributed by atoms with Crippen LogP contribution < -0.4 is 10.6 Å². The summed E-state index contributed by atoms with van der Waals surface area (Å²) in [6.07, 6.45) is 1.97. The lowest BCUT2D eigenvalue weighted by Crippen LogP contribution is -2.30. The summed E-state index contributed by atoms with van der Waals surface area (Å²) < 4.78 is 1.38. The molecule has 1 fully saturated rings. The van der Waals surface area contributed by atoms with Crippen LogP contribution in [0.1, 0.15) is 45.9 Å². The van der Waals surface area contributed by atoms with Gasteiger partial charge < -0.3 is 15.7 Å². The number of carbonyl (C=O) groups excluding carboxylic acids is 2. The highest BCUT2D eigenvalue weighted by molar-refractivity contribution is 6.40. The predicted molar refractivity (Wildman–Crippen MR) is 145 cm³/mol. The number of rotatable bonds is 6. The van der Waals surface area contributed by atoms with Crippen molar-refractivity contribution in [1.29, 1.82) is 0 Å². The molecule has 0 saturated heterocycles. The van der Waals surface area contributed by atoms with Crippen molar-refractivity contribution in [3.63, 3.8) is 0 Å². The number of aromatic nitrogens is 2. The molecule has 1 saturated carbocycles. The van der Waals surface area contributed by atoms with Gasteiger partial charge in [-0.2, -0.15) is 9.78 Å². The van der Waals surface area contributed by atoms with E-state index in [4.69, 9.17) is 23.2 Å². The van der Waals surface area contributed by atoms with Crippen LogP contribution in [-0.4, -0.2) is 26.8 Å². The van der Waals surface area contributed by atoms with Crippen LogP contribution in [0.5, 0.6) is 5.75 Å². The Bertz CT molecular complexity index is 1470. The fourth-order valence-corrected chi connectivity index (χ4v) is 4.62. The largest absolute Gasteiger partial charge is 0.507 e. The minimum Gasteiger partial charge on any atom is -0.507 e. The fraction of sp³-hybridized carbons (Fsp3) is 0.179. The van der Waals surface area contributed by atoms with Crippen molar-refractivity contribution in [1.82, 2.24) is 15.1 Å². The molecule has 7 nitrogen and oxygen atoms in total. The zero-order valence-electron chi connectivity index (χ0n) is 20.0. The molecule has 1 aliphatic rings. The van der Waals surface area contributed by atoms with Crippen LogP contribution in [0.15, 0.2) is 66.7 Å². The minimum absolute atomic E-state index is 0.0879. The van der Waals surface area contributed by atoms with Gasteiger partial charge in [-0.05, 0) is 55.7 Å². The summed E-state index contributed by atoms with van der Waals surface area (Å²) in [7, 11) is 0. The van der Waals surface area contributed by atoms with Crippen molar-refractivity contribution in [3.8, 4) is 17.0 Å². The van der Waals surface area contributed by atoms with Gasteiger partial charge in [0.15, 0.2) is 0 Å². The van der Waals surface area contributed by atoms with Crippen LogP contribution in [0.25, 0.3) is 11.3 Å². The first-order valence-corrected chi connectivity index (χ1v) is 12.6. The quantitative estimate of drug-likeness (QED) is 0.254. The first kappa shape index (κ1) is 24.9. The molecule has 0 radical (unpaired) electrons. The van der Waals surface area contributed by atoms with E-state index in [1.54, 1.807) is 30.3 Å². The molecule has 37 heavy (non-hydrogen) atoms. The van der Waals surface area contributed by atoms with E-state index in [0.717, 1.165) is 29.7 Å². The average Bonchev–Trinajstić information content (AvgIpc) is 3.62. The Kier molecular flexibility index (Phi) is 6.91. The number of anilines is 1. The second-order valence-corrected chi connectivity index (χ2v) is 9.88. The smallest absolute Gasteiger partial charge is 0.342 e. The molecule has 0 atom stereocenters. The number of amides is 2. The summed E-state index contributed by atoms with van der Waals surface area (Å²) in [6, 6.07) is 19.0. The van der Waals surface area contributed by atoms with Crippen molar-refractivity contribution in [2.75, 3.05) is 5.32 Å². The molecule has 3 N–H and O–H groups in total. The number of hydrogen-bond donors (Lipinski definition) is 3. The lowest BCUT2D eigenvalue weighted by atomic mass is 10.1. The normalized spacial score (nSPS) is 12.8. The molecular formula is C28H24Cl2N4O3. The van der Waals surface area contributed by atoms with Gasteiger partial charge in [0, 0.05) is 29.8 Å². The van der Waals surface area contributed by atoms with E-state index in [2.05, 4.69) is 15.7 Å². The van der Waals surface area contributed by atoms with Gasteiger partial charge in [0.1, 0.15) is 5.75 Å². The summed E-state index contributed by atoms with van der Waals surface area (Å²) in [5, 5.41) is 21.3. The number of hydrogen-bond acceptors (Lipinski definition) is 4. The maximum Gasteiger partial charge on any atom is 0.342 e. The average molecular weight is 535 g/mol. The number of benzene rings is 3. The number of aromatic hydroxyl groups is 1. The van der Waals surface area contributed by atoms with E-state index in [9.17, 15) is 14.7 Å². The van der Waals surface area contributed by atoms with Crippen molar-refractivity contribution < 1.29 is 14.7 Å². The minimum atomic E-state index is -0.492. The molecule has 0 spiro atoms. The predicted octanol–water partition coefficient (Wildman–Crippen LogP) is 6.76. The third-order valence-corrected chi connectivity index (χ3v) is 6.84. The zero-order valence-corrected chi connectivity index (χ0v) is 21.5. The molecule has 2 amide bonds. The number of carbonyl (C=O) groups is 2. The highest BCUT2D eigenvalue weighted by Gasteiger charge is 2.30. The van der Waals surface area contributed by atoms with Crippen LogP contribution in [-0.2, 0) is 6.54 Å². The van der Waals surface area contributed by atoms with E-state index < -0.39 is 5.91 Å². The van der Waals surface area contributed by atoms with Gasteiger partial charge in [-0.25, -0.2) is 4.79 Å². The van der Waals surface area contributed by atoms with Gasteiger partial charge in [0.25, 0.3) is 5.91 Å². The van der Waals surface area contributed by atoms with Crippen molar-refractivity contribution >= 4 is 40.8 Å². The molecule has 5 rings (SSSR count). The van der Waals surface area contributed by atoms with E-state index in [1.165, 1.54) is 10.7 Å². The first-order chi connectivity index (χ1) is 17.8. The number of phenolic OH excluding ortho intramolecular Hbond substituents is 1.